The van der Waals surface area contributed by atoms with E-state index in [9.17, 15) is 20.0 Å². The van der Waals surface area contributed by atoms with Gasteiger partial charge in [0.05, 0.1) is 10.6 Å². The Morgan fingerprint density at radius 1 is 0.900 bits per heavy atom. The number of carboxylic acid groups (broad SMARTS) is 1. The first-order chi connectivity index (χ1) is 24.2. The molecule has 1 amide bonds. The second-order valence-corrected chi connectivity index (χ2v) is 13.5. The zero-order valence-corrected chi connectivity index (χ0v) is 29.2. The summed E-state index contributed by atoms with van der Waals surface area (Å²) >= 11 is 6.83. The van der Waals surface area contributed by atoms with Gasteiger partial charge in [0.2, 0.25) is 0 Å². The van der Waals surface area contributed by atoms with Crippen molar-refractivity contribution in [1.29, 1.82) is 5.26 Å². The zero-order valence-electron chi connectivity index (χ0n) is 28.5. The molecule has 50 heavy (non-hydrogen) atoms. The van der Waals surface area contributed by atoms with E-state index in [1.54, 1.807) is 24.4 Å². The number of rotatable bonds is 11. The zero-order chi connectivity index (χ0) is 35.2. The summed E-state index contributed by atoms with van der Waals surface area (Å²) in [5.41, 5.74) is 7.66. The van der Waals surface area contributed by atoms with Crippen molar-refractivity contribution >= 4 is 23.5 Å². The van der Waals surface area contributed by atoms with Crippen LogP contribution in [0.3, 0.4) is 0 Å². The Hall–Kier alpha value is -4.91. The number of nitrogens with zero attached hydrogens (tertiary/aromatic N) is 4. The first-order valence-corrected chi connectivity index (χ1v) is 17.5. The molecule has 9 nitrogen and oxygen atoms in total. The molecule has 0 radical (unpaired) electrons. The number of carbonyl (C=O) groups is 2. The molecule has 258 valence electrons. The van der Waals surface area contributed by atoms with Crippen molar-refractivity contribution in [2.24, 2.45) is 0 Å². The van der Waals surface area contributed by atoms with Gasteiger partial charge in [-0.1, -0.05) is 48.4 Å². The molecule has 1 aromatic heterocycles. The topological polar surface area (TPSA) is 116 Å². The molecule has 0 saturated carbocycles. The van der Waals surface area contributed by atoms with Gasteiger partial charge in [-0.25, -0.2) is 0 Å². The lowest BCUT2D eigenvalue weighted by Crippen LogP contribution is -2.44. The quantitative estimate of drug-likeness (QED) is 0.170. The normalized spacial score (nSPS) is 16.2. The molecule has 6 rings (SSSR count). The summed E-state index contributed by atoms with van der Waals surface area (Å²) in [5, 5.41) is 19.6. The number of aliphatic carboxylic acids is 1. The van der Waals surface area contributed by atoms with E-state index >= 15 is 0 Å². The first kappa shape index (κ1) is 34.9. The Morgan fingerprint density at radius 2 is 1.62 bits per heavy atom. The van der Waals surface area contributed by atoms with Gasteiger partial charge in [0.15, 0.2) is 0 Å². The van der Waals surface area contributed by atoms with Gasteiger partial charge in [-0.2, -0.15) is 5.26 Å². The Labute approximate surface area is 298 Å². The molecule has 3 heterocycles. The number of likely N-dealkylation sites (tertiary alicyclic amines) is 2. The standard InChI is InChI=1S/C40H41ClN4O5/c1-26-30(9-7-10-32(26)33-11-8-12-34(27(33)2)39(46)44-14-5-6-15-44)25-50-38-19-37(49-24-29-17-28(20-42)21-43-22-29)31(18-35(38)41)23-45-16-4-3-13-36(45)40(47)48/h7-12,17-19,21-22,36H,3-6,13-16,23-25H2,1-2H3,(H,47,48)/t36-/m0/s1. The number of hydrogen-bond donors (Lipinski definition) is 1. The number of amides is 1. The lowest BCUT2D eigenvalue weighted by atomic mass is 9.91. The number of aromatic nitrogens is 1. The summed E-state index contributed by atoms with van der Waals surface area (Å²) in [6.07, 6.45) is 7.60. The van der Waals surface area contributed by atoms with Crippen LogP contribution >= 0.6 is 11.6 Å². The average Bonchev–Trinajstić information content (AvgIpc) is 3.67. The maximum absolute atomic E-state index is 13.3. The number of pyridine rings is 1. The fourth-order valence-corrected chi connectivity index (χ4v) is 7.19. The lowest BCUT2D eigenvalue weighted by Gasteiger charge is -2.33. The molecule has 2 aliphatic rings. The van der Waals surface area contributed by atoms with Crippen molar-refractivity contribution in [1.82, 2.24) is 14.8 Å². The van der Waals surface area contributed by atoms with Crippen molar-refractivity contribution in [2.75, 3.05) is 19.6 Å². The second kappa shape index (κ2) is 15.8. The smallest absolute Gasteiger partial charge is 0.320 e. The van der Waals surface area contributed by atoms with E-state index in [0.29, 0.717) is 41.6 Å². The van der Waals surface area contributed by atoms with Gasteiger partial charge in [0.25, 0.3) is 5.91 Å². The third kappa shape index (κ3) is 7.77. The second-order valence-electron chi connectivity index (χ2n) is 13.0. The number of hydrogen-bond acceptors (Lipinski definition) is 7. The van der Waals surface area contributed by atoms with E-state index in [-0.39, 0.29) is 19.1 Å². The first-order valence-electron chi connectivity index (χ1n) is 17.1. The van der Waals surface area contributed by atoms with E-state index in [0.717, 1.165) is 83.3 Å². The summed E-state index contributed by atoms with van der Waals surface area (Å²) in [6.45, 7) is 7.08. The van der Waals surface area contributed by atoms with Crippen LogP contribution in [0.5, 0.6) is 11.5 Å². The van der Waals surface area contributed by atoms with Crippen LogP contribution in [0.2, 0.25) is 5.02 Å². The third-order valence-corrected chi connectivity index (χ3v) is 10.1. The minimum absolute atomic E-state index is 0.0860. The maximum Gasteiger partial charge on any atom is 0.320 e. The monoisotopic (exact) mass is 692 g/mol. The summed E-state index contributed by atoms with van der Waals surface area (Å²) in [6, 6.07) is 18.8. The Kier molecular flexibility index (Phi) is 11.0. The van der Waals surface area contributed by atoms with Crippen molar-refractivity contribution < 1.29 is 24.2 Å². The molecule has 0 spiro atoms. The molecule has 0 aliphatic carbocycles. The Bertz CT molecular complexity index is 1930. The molecular weight excluding hydrogens is 652 g/mol. The minimum Gasteiger partial charge on any atom is -0.488 e. The number of halogens is 1. The van der Waals surface area contributed by atoms with Crippen molar-refractivity contribution in [3.63, 3.8) is 0 Å². The summed E-state index contributed by atoms with van der Waals surface area (Å²) in [5.74, 6) is 0.196. The van der Waals surface area contributed by atoms with Crippen molar-refractivity contribution in [3.8, 4) is 28.7 Å². The van der Waals surface area contributed by atoms with E-state index in [1.807, 2.05) is 41.0 Å². The van der Waals surface area contributed by atoms with Gasteiger partial charge in [-0.15, -0.1) is 0 Å². The molecule has 10 heteroatoms. The highest BCUT2D eigenvalue weighted by molar-refractivity contribution is 6.32. The van der Waals surface area contributed by atoms with Crippen molar-refractivity contribution in [2.45, 2.75) is 71.8 Å². The highest BCUT2D eigenvalue weighted by Gasteiger charge is 2.29. The molecule has 1 N–H and O–H groups in total. The van der Waals surface area contributed by atoms with E-state index in [4.69, 9.17) is 21.1 Å². The third-order valence-electron chi connectivity index (χ3n) is 9.78. The average molecular weight is 693 g/mol. The van der Waals surface area contributed by atoms with Gasteiger partial charge >= 0.3 is 5.97 Å². The van der Waals surface area contributed by atoms with E-state index in [1.165, 1.54) is 6.20 Å². The minimum atomic E-state index is -0.838. The van der Waals surface area contributed by atoms with Crippen LogP contribution in [0.1, 0.15) is 75.8 Å². The summed E-state index contributed by atoms with van der Waals surface area (Å²) in [7, 11) is 0. The number of piperidine rings is 1. The number of benzene rings is 3. The Balaban J connectivity index is 1.26. The van der Waals surface area contributed by atoms with Crippen LogP contribution in [0, 0.1) is 25.2 Å². The molecular formula is C40H41ClN4O5. The number of nitriles is 1. The molecule has 1 atom stereocenters. The predicted octanol–water partition coefficient (Wildman–Crippen LogP) is 7.72. The van der Waals surface area contributed by atoms with Crippen LogP contribution < -0.4 is 9.47 Å². The highest BCUT2D eigenvalue weighted by atomic mass is 35.5. The summed E-state index contributed by atoms with van der Waals surface area (Å²) in [4.78, 5) is 33.4. The number of carbonyl (C=O) groups excluding carboxylic acids is 1. The molecule has 2 aliphatic heterocycles. The van der Waals surface area contributed by atoms with Gasteiger partial charge < -0.3 is 19.5 Å². The van der Waals surface area contributed by atoms with Crippen LogP contribution in [-0.2, 0) is 24.6 Å². The van der Waals surface area contributed by atoms with Gasteiger partial charge in [0.1, 0.15) is 36.8 Å². The van der Waals surface area contributed by atoms with Crippen LogP contribution in [0.25, 0.3) is 11.1 Å². The summed E-state index contributed by atoms with van der Waals surface area (Å²) < 4.78 is 12.6. The highest BCUT2D eigenvalue weighted by Crippen LogP contribution is 2.37. The SMILES string of the molecule is Cc1c(COc2cc(OCc3cncc(C#N)c3)c(CN3CCCC[C@H]3C(=O)O)cc2Cl)cccc1-c1cccc(C(=O)N2CCCC2)c1C. The molecule has 3 aromatic carbocycles. The van der Waals surface area contributed by atoms with Gasteiger partial charge in [-0.05, 0) is 92.1 Å². The lowest BCUT2D eigenvalue weighted by molar-refractivity contribution is -0.144. The van der Waals surface area contributed by atoms with Gasteiger partial charge in [0, 0.05) is 54.8 Å². The van der Waals surface area contributed by atoms with Crippen molar-refractivity contribution in [3.05, 3.63) is 111 Å². The van der Waals surface area contributed by atoms with Crippen LogP contribution in [0.4, 0.5) is 0 Å². The van der Waals surface area contributed by atoms with E-state index in [2.05, 4.69) is 30.1 Å². The predicted molar refractivity (Wildman–Crippen MR) is 191 cm³/mol. The number of ether oxygens (including phenoxy) is 2. The fraction of sp³-hybridized carbons (Fsp3) is 0.350. The number of carboxylic acids is 1. The maximum atomic E-state index is 13.3. The largest absolute Gasteiger partial charge is 0.488 e. The molecule has 4 aromatic rings. The molecule has 2 saturated heterocycles. The van der Waals surface area contributed by atoms with Crippen LogP contribution in [0.15, 0.2) is 67.0 Å². The molecule has 2 fully saturated rings. The molecule has 0 bridgehead atoms. The van der Waals surface area contributed by atoms with Gasteiger partial charge in [-0.3, -0.25) is 19.5 Å². The Morgan fingerprint density at radius 3 is 2.38 bits per heavy atom. The van der Waals surface area contributed by atoms with Crippen LogP contribution in [-0.4, -0.2) is 57.4 Å². The molecule has 0 unspecified atom stereocenters. The fourth-order valence-electron chi connectivity index (χ4n) is 6.95. The van der Waals surface area contributed by atoms with E-state index < -0.39 is 12.0 Å².